The summed E-state index contributed by atoms with van der Waals surface area (Å²) in [7, 11) is 0. The Kier molecular flexibility index (Phi) is 6.91. The molecular weight excluding hydrogens is 412 g/mol. The molecule has 2 aromatic heterocycles. The fraction of sp³-hybridized carbons (Fsp3) is 0.727. The predicted molar refractivity (Wildman–Crippen MR) is 124 cm³/mol. The number of piperidine rings is 2. The lowest BCUT2D eigenvalue weighted by Crippen LogP contribution is -2.46. The Morgan fingerprint density at radius 3 is 2.77 bits per heavy atom. The first-order valence-electron chi connectivity index (χ1n) is 11.6. The summed E-state index contributed by atoms with van der Waals surface area (Å²) in [6, 6.07) is 2.78. The van der Waals surface area contributed by atoms with Gasteiger partial charge < -0.3 is 10.2 Å². The van der Waals surface area contributed by atoms with Crippen LogP contribution in [-0.2, 0) is 4.79 Å². The van der Waals surface area contributed by atoms with Crippen LogP contribution in [0.3, 0.4) is 0 Å². The maximum absolute atomic E-state index is 12.8. The number of hydrogen-bond donors (Lipinski definition) is 1. The van der Waals surface area contributed by atoms with Crippen molar-refractivity contribution in [1.82, 2.24) is 24.8 Å². The Bertz CT molecular complexity index is 963. The first-order valence-corrected chi connectivity index (χ1v) is 12.4. The molecule has 0 aliphatic carbocycles. The zero-order valence-corrected chi connectivity index (χ0v) is 19.7. The van der Waals surface area contributed by atoms with E-state index in [2.05, 4.69) is 39.0 Å². The van der Waals surface area contributed by atoms with Gasteiger partial charge in [-0.1, -0.05) is 17.8 Å². The molecule has 2 aromatic rings. The standard InChI is InChI=1S/C22H34N6O2S/c1-15-13-19(29)28-21(24-15)31-22(25-28)26-11-5-9-18(14-26)20(30)23-10-6-12-27-16(2)7-4-8-17(27)3/h13,16-18H,4-12,14H2,1-3H3,(H,23,30)/t16-,17-,18+/m1/s1. The van der Waals surface area contributed by atoms with Gasteiger partial charge in [-0.05, 0) is 52.9 Å². The first-order chi connectivity index (χ1) is 14.9. The molecule has 170 valence electrons. The number of amides is 1. The minimum atomic E-state index is -0.159. The van der Waals surface area contributed by atoms with Crippen molar-refractivity contribution < 1.29 is 4.79 Å². The molecule has 9 heteroatoms. The Morgan fingerprint density at radius 2 is 2.00 bits per heavy atom. The summed E-state index contributed by atoms with van der Waals surface area (Å²) in [4.78, 5) is 34.7. The van der Waals surface area contributed by atoms with E-state index in [-0.39, 0.29) is 17.4 Å². The van der Waals surface area contributed by atoms with Gasteiger partial charge in [-0.2, -0.15) is 4.52 Å². The largest absolute Gasteiger partial charge is 0.356 e. The lowest BCUT2D eigenvalue weighted by molar-refractivity contribution is -0.125. The molecule has 3 atom stereocenters. The molecule has 2 aliphatic heterocycles. The number of fused-ring (bicyclic) bond motifs is 1. The predicted octanol–water partition coefficient (Wildman–Crippen LogP) is 2.45. The van der Waals surface area contributed by atoms with Crippen LogP contribution < -0.4 is 15.8 Å². The lowest BCUT2D eigenvalue weighted by atomic mass is 9.97. The van der Waals surface area contributed by atoms with Crippen molar-refractivity contribution in [2.75, 3.05) is 31.1 Å². The minimum absolute atomic E-state index is 0.0417. The molecule has 1 amide bonds. The van der Waals surface area contributed by atoms with E-state index in [1.54, 1.807) is 0 Å². The maximum Gasteiger partial charge on any atom is 0.275 e. The molecule has 0 radical (unpaired) electrons. The van der Waals surface area contributed by atoms with Crippen LogP contribution in [0.1, 0.15) is 58.1 Å². The van der Waals surface area contributed by atoms with Gasteiger partial charge in [0.1, 0.15) is 0 Å². The van der Waals surface area contributed by atoms with Crippen LogP contribution in [0.2, 0.25) is 0 Å². The van der Waals surface area contributed by atoms with E-state index < -0.39 is 0 Å². The Morgan fingerprint density at radius 1 is 1.23 bits per heavy atom. The number of carbonyl (C=O) groups excluding carboxylic acids is 1. The smallest absolute Gasteiger partial charge is 0.275 e. The van der Waals surface area contributed by atoms with Gasteiger partial charge in [0, 0.05) is 50.0 Å². The molecule has 0 bridgehead atoms. The van der Waals surface area contributed by atoms with Gasteiger partial charge in [-0.15, -0.1) is 5.10 Å². The van der Waals surface area contributed by atoms with E-state index in [9.17, 15) is 9.59 Å². The lowest BCUT2D eigenvalue weighted by Gasteiger charge is -2.39. The van der Waals surface area contributed by atoms with Crippen molar-refractivity contribution in [2.24, 2.45) is 5.92 Å². The summed E-state index contributed by atoms with van der Waals surface area (Å²) in [5, 5.41) is 8.39. The van der Waals surface area contributed by atoms with Crippen molar-refractivity contribution >= 4 is 27.3 Å². The Hall–Kier alpha value is -2.00. The Labute approximate surface area is 187 Å². The summed E-state index contributed by atoms with van der Waals surface area (Å²) in [5.41, 5.74) is 0.540. The number of aryl methyl sites for hydroxylation is 1. The Balaban J connectivity index is 1.29. The number of likely N-dealkylation sites (tertiary alicyclic amines) is 1. The van der Waals surface area contributed by atoms with Gasteiger partial charge in [0.2, 0.25) is 16.0 Å². The summed E-state index contributed by atoms with van der Waals surface area (Å²) >= 11 is 1.41. The average Bonchev–Trinajstić information content (AvgIpc) is 3.17. The first kappa shape index (κ1) is 22.2. The van der Waals surface area contributed by atoms with Crippen molar-refractivity contribution in [2.45, 2.75) is 71.4 Å². The second-order valence-corrected chi connectivity index (χ2v) is 10.0. The SMILES string of the molecule is Cc1cc(=O)n2nc(N3CCC[C@H](C(=O)NCCCN4[C@H](C)CCC[C@H]4C)C3)sc2n1. The summed E-state index contributed by atoms with van der Waals surface area (Å²) in [5.74, 6) is 0.0942. The van der Waals surface area contributed by atoms with Gasteiger partial charge in [0.15, 0.2) is 0 Å². The third-order valence-electron chi connectivity index (χ3n) is 6.69. The van der Waals surface area contributed by atoms with E-state index in [0.717, 1.165) is 44.0 Å². The zero-order chi connectivity index (χ0) is 22.0. The normalized spacial score (nSPS) is 25.1. The third-order valence-corrected chi connectivity index (χ3v) is 7.66. The van der Waals surface area contributed by atoms with Crippen molar-refractivity contribution in [3.8, 4) is 0 Å². The topological polar surface area (TPSA) is 82.8 Å². The molecule has 2 saturated heterocycles. The molecule has 1 N–H and O–H groups in total. The zero-order valence-electron chi connectivity index (χ0n) is 18.8. The summed E-state index contributed by atoms with van der Waals surface area (Å²) in [6.45, 7) is 9.71. The van der Waals surface area contributed by atoms with Crippen LogP contribution in [0.15, 0.2) is 10.9 Å². The highest BCUT2D eigenvalue weighted by atomic mass is 32.1. The molecular formula is C22H34N6O2S. The van der Waals surface area contributed by atoms with Gasteiger partial charge in [0.25, 0.3) is 5.56 Å². The van der Waals surface area contributed by atoms with Crippen LogP contribution >= 0.6 is 11.3 Å². The number of aromatic nitrogens is 3. The molecule has 4 heterocycles. The fourth-order valence-corrected chi connectivity index (χ4v) is 5.92. The average molecular weight is 447 g/mol. The molecule has 0 spiro atoms. The molecule has 4 rings (SSSR count). The van der Waals surface area contributed by atoms with Crippen LogP contribution in [-0.4, -0.2) is 63.7 Å². The summed E-state index contributed by atoms with van der Waals surface area (Å²) < 4.78 is 1.36. The summed E-state index contributed by atoms with van der Waals surface area (Å²) in [6.07, 6.45) is 6.71. The van der Waals surface area contributed by atoms with Crippen LogP contribution in [0, 0.1) is 12.8 Å². The van der Waals surface area contributed by atoms with E-state index in [1.807, 2.05) is 6.92 Å². The van der Waals surface area contributed by atoms with Gasteiger partial charge in [0.05, 0.1) is 5.92 Å². The molecule has 0 aromatic carbocycles. The molecule has 0 saturated carbocycles. The second kappa shape index (κ2) is 9.65. The molecule has 2 fully saturated rings. The number of hydrogen-bond acceptors (Lipinski definition) is 7. The highest BCUT2D eigenvalue weighted by molar-refractivity contribution is 7.20. The quantitative estimate of drug-likeness (QED) is 0.687. The number of carbonyl (C=O) groups is 1. The van der Waals surface area contributed by atoms with Crippen LogP contribution in [0.25, 0.3) is 4.96 Å². The molecule has 2 aliphatic rings. The number of nitrogens with zero attached hydrogens (tertiary/aromatic N) is 5. The fourth-order valence-electron chi connectivity index (χ4n) is 4.94. The van der Waals surface area contributed by atoms with Crippen LogP contribution in [0.4, 0.5) is 5.13 Å². The number of rotatable bonds is 6. The molecule has 8 nitrogen and oxygen atoms in total. The van der Waals surface area contributed by atoms with Gasteiger partial charge >= 0.3 is 0 Å². The molecule has 0 unspecified atom stereocenters. The number of nitrogens with one attached hydrogen (secondary N) is 1. The van der Waals surface area contributed by atoms with E-state index in [4.69, 9.17) is 0 Å². The highest BCUT2D eigenvalue weighted by Gasteiger charge is 2.28. The maximum atomic E-state index is 12.8. The minimum Gasteiger partial charge on any atom is -0.356 e. The van der Waals surface area contributed by atoms with Crippen LogP contribution in [0.5, 0.6) is 0 Å². The van der Waals surface area contributed by atoms with E-state index in [1.165, 1.54) is 41.2 Å². The van der Waals surface area contributed by atoms with Gasteiger partial charge in [-0.3, -0.25) is 14.5 Å². The van der Waals surface area contributed by atoms with Crippen molar-refractivity contribution in [3.05, 3.63) is 22.1 Å². The van der Waals surface area contributed by atoms with E-state index in [0.29, 0.717) is 29.3 Å². The second-order valence-electron chi connectivity index (χ2n) is 9.11. The number of anilines is 1. The van der Waals surface area contributed by atoms with Crippen molar-refractivity contribution in [3.63, 3.8) is 0 Å². The third kappa shape index (κ3) is 5.09. The molecule has 31 heavy (non-hydrogen) atoms. The van der Waals surface area contributed by atoms with Gasteiger partial charge in [-0.25, -0.2) is 4.98 Å². The highest BCUT2D eigenvalue weighted by Crippen LogP contribution is 2.27. The van der Waals surface area contributed by atoms with E-state index >= 15 is 0 Å². The van der Waals surface area contributed by atoms with Crippen molar-refractivity contribution in [1.29, 1.82) is 0 Å². The monoisotopic (exact) mass is 446 g/mol.